The Morgan fingerprint density at radius 1 is 1.12 bits per heavy atom. The van der Waals surface area contributed by atoms with Crippen LogP contribution in [0.2, 0.25) is 0 Å². The molecule has 0 radical (unpaired) electrons. The van der Waals surface area contributed by atoms with Crippen LogP contribution in [-0.4, -0.2) is 78.4 Å². The summed E-state index contributed by atoms with van der Waals surface area (Å²) in [4.78, 5) is 4.53. The maximum atomic E-state index is 10.2. The first-order valence-electron chi connectivity index (χ1n) is 8.08. The monoisotopic (exact) mass is 328 g/mol. The number of fused-ring (bicyclic) bond motifs is 1. The maximum absolute atomic E-state index is 10.2. The second-order valence-corrected chi connectivity index (χ2v) is 5.99. The molecule has 0 spiro atoms. The maximum Gasteiger partial charge on any atom is 0.177 e. The molecule has 9 heteroatoms. The largest absolute Gasteiger partial charge is 0.390 e. The van der Waals surface area contributed by atoms with Crippen molar-refractivity contribution >= 4 is 11.5 Å². The van der Waals surface area contributed by atoms with Crippen LogP contribution in [0.25, 0.3) is 5.65 Å². The number of aliphatic hydroxyl groups excluding tert-OH is 1. The van der Waals surface area contributed by atoms with Crippen molar-refractivity contribution in [3.8, 4) is 0 Å². The molecule has 126 valence electrons. The summed E-state index contributed by atoms with van der Waals surface area (Å²) in [5.41, 5.74) is 0.749. The predicted octanol–water partition coefficient (Wildman–Crippen LogP) is -0.496. The Balaban J connectivity index is 1.31. The van der Waals surface area contributed by atoms with Crippen LogP contribution < -0.4 is 4.90 Å². The van der Waals surface area contributed by atoms with E-state index in [1.165, 1.54) is 0 Å². The van der Waals surface area contributed by atoms with Gasteiger partial charge in [0.2, 0.25) is 0 Å². The highest BCUT2D eigenvalue weighted by Gasteiger charge is 2.20. The molecule has 1 saturated heterocycles. The highest BCUT2D eigenvalue weighted by Crippen LogP contribution is 2.14. The number of nitrogens with zero attached hydrogens (tertiary/aromatic N) is 8. The van der Waals surface area contributed by atoms with E-state index in [1.54, 1.807) is 21.7 Å². The van der Waals surface area contributed by atoms with E-state index in [2.05, 4.69) is 30.2 Å². The zero-order chi connectivity index (χ0) is 16.4. The summed E-state index contributed by atoms with van der Waals surface area (Å²) in [7, 11) is 0. The number of aromatic nitrogens is 6. The van der Waals surface area contributed by atoms with Gasteiger partial charge < -0.3 is 10.0 Å². The number of hydrogen-bond donors (Lipinski definition) is 1. The molecule has 0 saturated carbocycles. The van der Waals surface area contributed by atoms with E-state index in [0.717, 1.165) is 37.6 Å². The SMILES string of the molecule is O[C@H](CN1CCN(c2ccc3nncn3n2)CC1)Cn1cccn1. The number of β-amino-alcohol motifs (C(OH)–C–C–N with tert-alkyl or cyclic N) is 1. The zero-order valence-electron chi connectivity index (χ0n) is 13.3. The van der Waals surface area contributed by atoms with Crippen molar-refractivity contribution in [2.45, 2.75) is 12.6 Å². The van der Waals surface area contributed by atoms with Crippen LogP contribution in [0.4, 0.5) is 5.82 Å². The van der Waals surface area contributed by atoms with E-state index in [4.69, 9.17) is 0 Å². The van der Waals surface area contributed by atoms with Crippen LogP contribution in [0.5, 0.6) is 0 Å². The number of rotatable bonds is 5. The first-order valence-corrected chi connectivity index (χ1v) is 8.08. The van der Waals surface area contributed by atoms with Gasteiger partial charge in [-0.3, -0.25) is 9.58 Å². The molecule has 1 fully saturated rings. The second-order valence-electron chi connectivity index (χ2n) is 5.99. The topological polar surface area (TPSA) is 87.6 Å². The molecular formula is C15H20N8O. The van der Waals surface area contributed by atoms with Crippen molar-refractivity contribution in [1.82, 2.24) is 34.5 Å². The smallest absolute Gasteiger partial charge is 0.177 e. The van der Waals surface area contributed by atoms with Crippen LogP contribution in [0.15, 0.2) is 36.9 Å². The van der Waals surface area contributed by atoms with Crippen molar-refractivity contribution in [3.05, 3.63) is 36.9 Å². The van der Waals surface area contributed by atoms with Gasteiger partial charge in [0.05, 0.1) is 12.6 Å². The quantitative estimate of drug-likeness (QED) is 0.676. The van der Waals surface area contributed by atoms with Gasteiger partial charge in [-0.15, -0.1) is 15.3 Å². The molecule has 0 amide bonds. The van der Waals surface area contributed by atoms with Crippen LogP contribution in [-0.2, 0) is 6.54 Å². The van der Waals surface area contributed by atoms with Gasteiger partial charge in [-0.25, -0.2) is 0 Å². The van der Waals surface area contributed by atoms with E-state index in [-0.39, 0.29) is 0 Å². The average Bonchev–Trinajstić information content (AvgIpc) is 3.26. The highest BCUT2D eigenvalue weighted by molar-refractivity contribution is 5.45. The summed E-state index contributed by atoms with van der Waals surface area (Å²) in [5, 5.41) is 26.7. The third kappa shape index (κ3) is 3.22. The Kier molecular flexibility index (Phi) is 4.09. The van der Waals surface area contributed by atoms with Gasteiger partial charge in [0.1, 0.15) is 12.1 Å². The first kappa shape index (κ1) is 15.0. The molecule has 3 aromatic heterocycles. The Morgan fingerprint density at radius 2 is 2.00 bits per heavy atom. The molecule has 1 aliphatic rings. The van der Waals surface area contributed by atoms with Gasteiger partial charge in [0, 0.05) is 45.1 Å². The number of hydrogen-bond acceptors (Lipinski definition) is 7. The van der Waals surface area contributed by atoms with Crippen molar-refractivity contribution in [2.75, 3.05) is 37.6 Å². The molecule has 24 heavy (non-hydrogen) atoms. The first-order chi connectivity index (χ1) is 11.8. The van der Waals surface area contributed by atoms with Gasteiger partial charge in [0.25, 0.3) is 0 Å². The van der Waals surface area contributed by atoms with Gasteiger partial charge in [-0.2, -0.15) is 9.61 Å². The fourth-order valence-corrected chi connectivity index (χ4v) is 3.03. The fourth-order valence-electron chi connectivity index (χ4n) is 3.03. The normalized spacial score (nSPS) is 17.5. The van der Waals surface area contributed by atoms with E-state index >= 15 is 0 Å². The number of anilines is 1. The minimum atomic E-state index is -0.414. The van der Waals surface area contributed by atoms with Crippen LogP contribution in [0, 0.1) is 0 Å². The van der Waals surface area contributed by atoms with Crippen LogP contribution in [0.1, 0.15) is 0 Å². The number of piperazine rings is 1. The molecular weight excluding hydrogens is 308 g/mol. The minimum absolute atomic E-state index is 0.414. The summed E-state index contributed by atoms with van der Waals surface area (Å²) in [6.07, 6.45) is 4.79. The Bertz CT molecular complexity index is 778. The van der Waals surface area contributed by atoms with Crippen LogP contribution >= 0.6 is 0 Å². The van der Waals surface area contributed by atoms with E-state index in [9.17, 15) is 5.11 Å². The summed E-state index contributed by atoms with van der Waals surface area (Å²) in [6, 6.07) is 5.77. The lowest BCUT2D eigenvalue weighted by Crippen LogP contribution is -2.49. The molecule has 1 atom stereocenters. The summed E-state index contributed by atoms with van der Waals surface area (Å²) < 4.78 is 3.45. The summed E-state index contributed by atoms with van der Waals surface area (Å²) in [6.45, 7) is 4.76. The van der Waals surface area contributed by atoms with E-state index in [1.807, 2.05) is 24.4 Å². The molecule has 1 aliphatic heterocycles. The zero-order valence-corrected chi connectivity index (χ0v) is 13.3. The Labute approximate surface area is 139 Å². The van der Waals surface area contributed by atoms with Gasteiger partial charge >= 0.3 is 0 Å². The van der Waals surface area contributed by atoms with Gasteiger partial charge in [-0.1, -0.05) is 0 Å². The summed E-state index contributed by atoms with van der Waals surface area (Å²) >= 11 is 0. The fraction of sp³-hybridized carbons (Fsp3) is 0.467. The van der Waals surface area contributed by atoms with Crippen molar-refractivity contribution < 1.29 is 5.11 Å². The lowest BCUT2D eigenvalue weighted by molar-refractivity contribution is 0.0920. The van der Waals surface area contributed by atoms with Crippen LogP contribution in [0.3, 0.4) is 0 Å². The highest BCUT2D eigenvalue weighted by atomic mass is 16.3. The molecule has 9 nitrogen and oxygen atoms in total. The molecule has 1 N–H and O–H groups in total. The molecule has 0 aliphatic carbocycles. The summed E-state index contributed by atoms with van der Waals surface area (Å²) in [5.74, 6) is 0.930. The Morgan fingerprint density at radius 3 is 2.79 bits per heavy atom. The molecule has 0 bridgehead atoms. The van der Waals surface area contributed by atoms with E-state index < -0.39 is 6.10 Å². The molecule has 4 rings (SSSR count). The molecule has 4 heterocycles. The third-order valence-electron chi connectivity index (χ3n) is 4.27. The molecule has 0 unspecified atom stereocenters. The Hall–Kier alpha value is -2.52. The second kappa shape index (κ2) is 6.54. The molecule has 0 aromatic carbocycles. The van der Waals surface area contributed by atoms with E-state index in [0.29, 0.717) is 13.1 Å². The van der Waals surface area contributed by atoms with Crippen molar-refractivity contribution in [2.24, 2.45) is 0 Å². The number of aliphatic hydroxyl groups is 1. The van der Waals surface area contributed by atoms with Crippen molar-refractivity contribution in [3.63, 3.8) is 0 Å². The predicted molar refractivity (Wildman–Crippen MR) is 87.7 cm³/mol. The van der Waals surface area contributed by atoms with Gasteiger partial charge in [0.15, 0.2) is 5.65 Å². The van der Waals surface area contributed by atoms with Gasteiger partial charge in [-0.05, 0) is 18.2 Å². The lowest BCUT2D eigenvalue weighted by atomic mass is 10.2. The average molecular weight is 328 g/mol. The molecule has 3 aromatic rings. The lowest BCUT2D eigenvalue weighted by Gasteiger charge is -2.36. The van der Waals surface area contributed by atoms with Crippen molar-refractivity contribution in [1.29, 1.82) is 0 Å². The standard InChI is InChI=1S/C15H20N8O/c24-13(11-22-5-1-4-17-22)10-20-6-8-21(9-7-20)15-3-2-14-18-16-12-23(14)19-15/h1-5,12-13,24H,6-11H2/t13-/m1/s1. The minimum Gasteiger partial charge on any atom is -0.390 e. The third-order valence-corrected chi connectivity index (χ3v) is 4.27.